The molecule has 0 radical (unpaired) electrons. The number of anilines is 1. The molecule has 0 aliphatic carbocycles. The number of pyridine rings is 1. The summed E-state index contributed by atoms with van der Waals surface area (Å²) in [4.78, 5) is 14.3. The highest BCUT2D eigenvalue weighted by Gasteiger charge is 2.18. The molecule has 0 unspecified atom stereocenters. The smallest absolute Gasteiger partial charge is 0.337 e. The molecule has 0 saturated carbocycles. The fourth-order valence-electron chi connectivity index (χ4n) is 1.44. The molecule has 21 heavy (non-hydrogen) atoms. The van der Waals surface area contributed by atoms with Crippen molar-refractivity contribution in [1.29, 1.82) is 0 Å². The standard InChI is InChI=1S/C12H8BrFN2O4S/c13-9-3-2-8(14)5-10(9)16-21(19,20)11-4-1-7(6-15-11)12(17)18/h1-6,16H,(H,17,18). The number of nitrogens with one attached hydrogen (secondary N) is 1. The second kappa shape index (κ2) is 5.78. The Kier molecular flexibility index (Phi) is 4.24. The van der Waals surface area contributed by atoms with Crippen molar-refractivity contribution in [3.8, 4) is 0 Å². The molecule has 2 aromatic rings. The third kappa shape index (κ3) is 3.56. The van der Waals surface area contributed by atoms with Gasteiger partial charge in [0.05, 0.1) is 11.3 Å². The molecular formula is C12H8BrFN2O4S. The average Bonchev–Trinajstić information content (AvgIpc) is 2.43. The van der Waals surface area contributed by atoms with Crippen LogP contribution in [-0.2, 0) is 10.0 Å². The molecular weight excluding hydrogens is 367 g/mol. The Morgan fingerprint density at radius 1 is 1.29 bits per heavy atom. The summed E-state index contributed by atoms with van der Waals surface area (Å²) >= 11 is 3.09. The zero-order valence-corrected chi connectivity index (χ0v) is 12.6. The maximum absolute atomic E-state index is 13.1. The monoisotopic (exact) mass is 374 g/mol. The van der Waals surface area contributed by atoms with Crippen molar-refractivity contribution >= 4 is 37.6 Å². The molecule has 9 heteroatoms. The third-order valence-electron chi connectivity index (χ3n) is 2.43. The topological polar surface area (TPSA) is 96.4 Å². The Morgan fingerprint density at radius 3 is 2.57 bits per heavy atom. The van der Waals surface area contributed by atoms with E-state index in [1.165, 1.54) is 12.1 Å². The second-order valence-electron chi connectivity index (χ2n) is 3.92. The predicted molar refractivity (Wildman–Crippen MR) is 76.1 cm³/mol. The van der Waals surface area contributed by atoms with Crippen LogP contribution in [0.25, 0.3) is 0 Å². The van der Waals surface area contributed by atoms with E-state index in [4.69, 9.17) is 5.11 Å². The molecule has 0 atom stereocenters. The van der Waals surface area contributed by atoms with Gasteiger partial charge in [-0.15, -0.1) is 0 Å². The zero-order valence-electron chi connectivity index (χ0n) is 10.2. The number of carbonyl (C=O) groups is 1. The number of hydrogen-bond donors (Lipinski definition) is 2. The first-order valence-electron chi connectivity index (χ1n) is 5.47. The zero-order chi connectivity index (χ0) is 15.6. The minimum Gasteiger partial charge on any atom is -0.478 e. The van der Waals surface area contributed by atoms with E-state index < -0.39 is 21.8 Å². The minimum atomic E-state index is -4.05. The van der Waals surface area contributed by atoms with Crippen molar-refractivity contribution in [3.63, 3.8) is 0 Å². The second-order valence-corrected chi connectivity index (χ2v) is 6.40. The average molecular weight is 375 g/mol. The number of rotatable bonds is 4. The highest BCUT2D eigenvalue weighted by molar-refractivity contribution is 9.10. The summed E-state index contributed by atoms with van der Waals surface area (Å²) in [5, 5.41) is 8.36. The molecule has 1 aromatic heterocycles. The first-order chi connectivity index (χ1) is 9.79. The van der Waals surface area contributed by atoms with Gasteiger partial charge in [-0.1, -0.05) is 0 Å². The van der Waals surface area contributed by atoms with Gasteiger partial charge in [0.15, 0.2) is 5.03 Å². The van der Waals surface area contributed by atoms with Crippen LogP contribution in [0.3, 0.4) is 0 Å². The number of carboxylic acid groups (broad SMARTS) is 1. The van der Waals surface area contributed by atoms with Gasteiger partial charge < -0.3 is 5.11 Å². The largest absolute Gasteiger partial charge is 0.478 e. The van der Waals surface area contributed by atoms with Gasteiger partial charge in [0, 0.05) is 10.7 Å². The van der Waals surface area contributed by atoms with E-state index in [-0.39, 0.29) is 16.3 Å². The molecule has 0 aliphatic rings. The number of halogens is 2. The van der Waals surface area contributed by atoms with Gasteiger partial charge in [-0.3, -0.25) is 4.72 Å². The Bertz CT molecular complexity index is 793. The van der Waals surface area contributed by atoms with Crippen molar-refractivity contribution in [3.05, 3.63) is 52.4 Å². The number of nitrogens with zero attached hydrogens (tertiary/aromatic N) is 1. The SMILES string of the molecule is O=C(O)c1ccc(S(=O)(=O)Nc2cc(F)ccc2Br)nc1. The summed E-state index contributed by atoms with van der Waals surface area (Å²) < 4.78 is 39.8. The van der Waals surface area contributed by atoms with Gasteiger partial charge >= 0.3 is 5.97 Å². The maximum Gasteiger partial charge on any atom is 0.337 e. The van der Waals surface area contributed by atoms with Gasteiger partial charge in [-0.25, -0.2) is 14.2 Å². The van der Waals surface area contributed by atoms with Gasteiger partial charge in [-0.2, -0.15) is 8.42 Å². The fourth-order valence-corrected chi connectivity index (χ4v) is 2.92. The normalized spacial score (nSPS) is 11.1. The Balaban J connectivity index is 2.34. The van der Waals surface area contributed by atoms with Crippen LogP contribution in [-0.4, -0.2) is 24.5 Å². The number of benzene rings is 1. The van der Waals surface area contributed by atoms with Crippen molar-refractivity contribution in [2.75, 3.05) is 4.72 Å². The van der Waals surface area contributed by atoms with Crippen LogP contribution < -0.4 is 4.72 Å². The molecule has 1 aromatic carbocycles. The van der Waals surface area contributed by atoms with Crippen molar-refractivity contribution in [2.24, 2.45) is 0 Å². The third-order valence-corrected chi connectivity index (χ3v) is 4.40. The number of carboxylic acids is 1. The minimum absolute atomic E-state index is 0.0131. The summed E-state index contributed by atoms with van der Waals surface area (Å²) in [6.07, 6.45) is 0.928. The van der Waals surface area contributed by atoms with E-state index in [2.05, 4.69) is 25.6 Å². The quantitative estimate of drug-likeness (QED) is 0.856. The van der Waals surface area contributed by atoms with Gasteiger partial charge in [-0.05, 0) is 46.3 Å². The summed E-state index contributed by atoms with van der Waals surface area (Å²) in [5.74, 6) is -1.82. The van der Waals surface area contributed by atoms with Crippen molar-refractivity contribution < 1.29 is 22.7 Å². The summed E-state index contributed by atoms with van der Waals surface area (Å²) in [6.45, 7) is 0. The van der Waals surface area contributed by atoms with E-state index in [9.17, 15) is 17.6 Å². The Labute approximate surface area is 127 Å². The van der Waals surface area contributed by atoms with Crippen LogP contribution in [0.4, 0.5) is 10.1 Å². The predicted octanol–water partition coefficient (Wildman–Crippen LogP) is 2.48. The lowest BCUT2D eigenvalue weighted by molar-refractivity contribution is 0.0696. The van der Waals surface area contributed by atoms with Crippen LogP contribution in [0, 0.1) is 5.82 Å². The lowest BCUT2D eigenvalue weighted by Crippen LogP contribution is -2.15. The summed E-state index contributed by atoms with van der Waals surface area (Å²) in [5.41, 5.74) is -0.125. The first kappa shape index (κ1) is 15.4. The van der Waals surface area contributed by atoms with Crippen LogP contribution in [0.5, 0.6) is 0 Å². The molecule has 110 valence electrons. The molecule has 0 aliphatic heterocycles. The number of aromatic carboxylic acids is 1. The molecule has 0 amide bonds. The number of sulfonamides is 1. The van der Waals surface area contributed by atoms with E-state index in [1.54, 1.807) is 0 Å². The first-order valence-corrected chi connectivity index (χ1v) is 7.74. The number of hydrogen-bond acceptors (Lipinski definition) is 4. The highest BCUT2D eigenvalue weighted by atomic mass is 79.9. The fraction of sp³-hybridized carbons (Fsp3) is 0. The van der Waals surface area contributed by atoms with E-state index >= 15 is 0 Å². The Hall–Kier alpha value is -2.00. The summed E-state index contributed by atoms with van der Waals surface area (Å²) in [7, 11) is -4.05. The van der Waals surface area contributed by atoms with Crippen molar-refractivity contribution in [2.45, 2.75) is 5.03 Å². The molecule has 2 rings (SSSR count). The molecule has 2 N–H and O–H groups in total. The molecule has 0 fully saturated rings. The lowest BCUT2D eigenvalue weighted by atomic mass is 10.3. The van der Waals surface area contributed by atoms with Crippen LogP contribution >= 0.6 is 15.9 Å². The van der Waals surface area contributed by atoms with Gasteiger partial charge in [0.25, 0.3) is 10.0 Å². The van der Waals surface area contributed by atoms with E-state index in [0.29, 0.717) is 4.47 Å². The molecule has 6 nitrogen and oxygen atoms in total. The van der Waals surface area contributed by atoms with Crippen LogP contribution in [0.15, 0.2) is 46.0 Å². The van der Waals surface area contributed by atoms with E-state index in [1.807, 2.05) is 0 Å². The molecule has 0 saturated heterocycles. The molecule has 0 spiro atoms. The molecule has 1 heterocycles. The summed E-state index contributed by atoms with van der Waals surface area (Å²) in [6, 6.07) is 5.70. The van der Waals surface area contributed by atoms with Gasteiger partial charge in [0.2, 0.25) is 0 Å². The van der Waals surface area contributed by atoms with Crippen LogP contribution in [0.1, 0.15) is 10.4 Å². The van der Waals surface area contributed by atoms with Crippen LogP contribution in [0.2, 0.25) is 0 Å². The maximum atomic E-state index is 13.1. The lowest BCUT2D eigenvalue weighted by Gasteiger charge is -2.09. The Morgan fingerprint density at radius 2 is 2.00 bits per heavy atom. The highest BCUT2D eigenvalue weighted by Crippen LogP contribution is 2.25. The molecule has 0 bridgehead atoms. The number of aromatic nitrogens is 1. The van der Waals surface area contributed by atoms with Crippen molar-refractivity contribution in [1.82, 2.24) is 4.98 Å². The van der Waals surface area contributed by atoms with E-state index in [0.717, 1.165) is 24.4 Å². The van der Waals surface area contributed by atoms with Gasteiger partial charge in [0.1, 0.15) is 5.82 Å².